The van der Waals surface area contributed by atoms with E-state index in [2.05, 4.69) is 15.2 Å². The van der Waals surface area contributed by atoms with E-state index in [1.54, 1.807) is 42.7 Å². The van der Waals surface area contributed by atoms with E-state index in [1.807, 2.05) is 18.2 Å². The lowest BCUT2D eigenvalue weighted by atomic mass is 9.96. The number of amides is 1. The van der Waals surface area contributed by atoms with Crippen LogP contribution >= 0.6 is 11.6 Å². The van der Waals surface area contributed by atoms with E-state index in [-0.39, 0.29) is 30.5 Å². The average Bonchev–Trinajstić information content (AvgIpc) is 3.44. The van der Waals surface area contributed by atoms with Crippen molar-refractivity contribution >= 4 is 17.5 Å². The predicted octanol–water partition coefficient (Wildman–Crippen LogP) is 3.76. The molecule has 1 amide bonds. The van der Waals surface area contributed by atoms with Crippen LogP contribution in [-0.2, 0) is 0 Å². The van der Waals surface area contributed by atoms with E-state index >= 15 is 0 Å². The van der Waals surface area contributed by atoms with Crippen LogP contribution in [0.1, 0.15) is 33.9 Å². The molecule has 2 aliphatic rings. The van der Waals surface area contributed by atoms with Gasteiger partial charge in [0.05, 0.1) is 16.6 Å². The third-order valence-electron chi connectivity index (χ3n) is 5.88. The van der Waals surface area contributed by atoms with Gasteiger partial charge >= 0.3 is 0 Å². The number of aromatic hydroxyl groups is 1. The van der Waals surface area contributed by atoms with Gasteiger partial charge in [-0.15, -0.1) is 0 Å². The van der Waals surface area contributed by atoms with Gasteiger partial charge in [-0.3, -0.25) is 14.7 Å². The van der Waals surface area contributed by atoms with E-state index in [0.717, 1.165) is 24.1 Å². The molecule has 0 spiro atoms. The molecule has 2 aromatic carbocycles. The number of hydrogen-bond acceptors (Lipinski definition) is 6. The highest BCUT2D eigenvalue weighted by Gasteiger charge is 2.34. The number of nitrogens with zero attached hydrogens (tertiary/aromatic N) is 2. The fourth-order valence-corrected chi connectivity index (χ4v) is 4.57. The molecule has 1 saturated heterocycles. The number of phenolic OH excluding ortho intramolecular Hbond substituents is 1. The van der Waals surface area contributed by atoms with Crippen molar-refractivity contribution in [1.82, 2.24) is 15.2 Å². The van der Waals surface area contributed by atoms with Gasteiger partial charge in [-0.1, -0.05) is 23.7 Å². The van der Waals surface area contributed by atoms with Crippen molar-refractivity contribution in [2.24, 2.45) is 0 Å². The minimum absolute atomic E-state index is 0.0423. The number of carbonyl (C=O) groups is 1. The average molecular weight is 452 g/mol. The highest BCUT2D eigenvalue weighted by molar-refractivity contribution is 6.33. The van der Waals surface area contributed by atoms with Crippen molar-refractivity contribution in [2.75, 3.05) is 19.9 Å². The second-order valence-corrected chi connectivity index (χ2v) is 8.29. The van der Waals surface area contributed by atoms with Gasteiger partial charge in [0.25, 0.3) is 5.91 Å². The molecule has 2 N–H and O–H groups in total. The zero-order chi connectivity index (χ0) is 22.1. The summed E-state index contributed by atoms with van der Waals surface area (Å²) in [6.07, 6.45) is 4.25. The summed E-state index contributed by atoms with van der Waals surface area (Å²) in [5.41, 5.74) is 2.18. The molecule has 1 unspecified atom stereocenters. The smallest absolute Gasteiger partial charge is 0.253 e. The van der Waals surface area contributed by atoms with Crippen LogP contribution in [0.2, 0.25) is 5.02 Å². The van der Waals surface area contributed by atoms with Crippen molar-refractivity contribution in [3.8, 4) is 17.2 Å². The maximum absolute atomic E-state index is 12.7. The highest BCUT2D eigenvalue weighted by Crippen LogP contribution is 2.43. The number of fused-ring (bicyclic) bond motifs is 1. The Kier molecular flexibility index (Phi) is 5.59. The first-order chi connectivity index (χ1) is 15.6. The van der Waals surface area contributed by atoms with E-state index < -0.39 is 0 Å². The molecule has 0 radical (unpaired) electrons. The highest BCUT2D eigenvalue weighted by atomic mass is 35.5. The van der Waals surface area contributed by atoms with Crippen LogP contribution in [0.5, 0.6) is 17.2 Å². The summed E-state index contributed by atoms with van der Waals surface area (Å²) in [5, 5.41) is 14.3. The molecule has 0 saturated carbocycles. The number of nitrogens with one attached hydrogen (secondary N) is 1. The zero-order valence-electron chi connectivity index (χ0n) is 17.2. The number of hydrogen-bond donors (Lipinski definition) is 2. The second-order valence-electron chi connectivity index (χ2n) is 7.88. The molecule has 2 aliphatic heterocycles. The van der Waals surface area contributed by atoms with Crippen molar-refractivity contribution < 1.29 is 19.4 Å². The minimum atomic E-state index is -0.227. The normalized spacial score (nSPS) is 18.5. The van der Waals surface area contributed by atoms with Crippen LogP contribution in [0.3, 0.4) is 0 Å². The van der Waals surface area contributed by atoms with Crippen molar-refractivity contribution in [2.45, 2.75) is 18.5 Å². The lowest BCUT2D eigenvalue weighted by molar-refractivity contribution is 0.0937. The van der Waals surface area contributed by atoms with Crippen molar-refractivity contribution in [3.63, 3.8) is 0 Å². The summed E-state index contributed by atoms with van der Waals surface area (Å²) in [7, 11) is 0. The molecule has 0 aliphatic carbocycles. The summed E-state index contributed by atoms with van der Waals surface area (Å²) in [6.45, 7) is 1.50. The maximum atomic E-state index is 12.7. The van der Waals surface area contributed by atoms with Crippen molar-refractivity contribution in [3.05, 3.63) is 82.6 Å². The summed E-state index contributed by atoms with van der Waals surface area (Å²) in [4.78, 5) is 19.1. The van der Waals surface area contributed by atoms with Gasteiger partial charge in [-0.25, -0.2) is 0 Å². The summed E-state index contributed by atoms with van der Waals surface area (Å²) < 4.78 is 10.9. The standard InChI is InChI=1S/C24H22ClN3O4/c25-19-4-2-1-3-17(19)24(30)27-16-7-10-28(13-16)23(15-5-8-26-9-6-15)18-11-21-22(12-20(18)29)32-14-31-21/h1-6,8-9,11-12,16,23,29H,7,10,13-14H2,(H,27,30)/t16-,23?/m1/s1. The van der Waals surface area contributed by atoms with Crippen molar-refractivity contribution in [1.29, 1.82) is 0 Å². The second kappa shape index (κ2) is 8.68. The van der Waals surface area contributed by atoms with Crippen LogP contribution in [0, 0.1) is 0 Å². The first-order valence-electron chi connectivity index (χ1n) is 10.4. The van der Waals surface area contributed by atoms with Gasteiger partial charge in [-0.2, -0.15) is 0 Å². The Morgan fingerprint density at radius 3 is 2.69 bits per heavy atom. The van der Waals surface area contributed by atoms with Gasteiger partial charge in [0.1, 0.15) is 5.75 Å². The Morgan fingerprint density at radius 1 is 1.16 bits per heavy atom. The molecular formula is C24H22ClN3O4. The number of aromatic nitrogens is 1. The molecule has 1 fully saturated rings. The van der Waals surface area contributed by atoms with Crippen LogP contribution in [0.15, 0.2) is 60.9 Å². The summed E-state index contributed by atoms with van der Waals surface area (Å²) >= 11 is 6.18. The number of pyridine rings is 1. The molecule has 164 valence electrons. The minimum Gasteiger partial charge on any atom is -0.507 e. The third kappa shape index (κ3) is 3.97. The summed E-state index contributed by atoms with van der Waals surface area (Å²) in [6, 6.07) is 14.0. The van der Waals surface area contributed by atoms with Gasteiger partial charge < -0.3 is 19.9 Å². The molecule has 8 heteroatoms. The van der Waals surface area contributed by atoms with Gasteiger partial charge in [0.2, 0.25) is 6.79 Å². The Balaban J connectivity index is 1.40. The monoisotopic (exact) mass is 451 g/mol. The fraction of sp³-hybridized carbons (Fsp3) is 0.250. The first kappa shape index (κ1) is 20.6. The SMILES string of the molecule is O=C(N[C@@H]1CCN(C(c2ccncc2)c2cc3c(cc2O)OCO3)C1)c1ccccc1Cl. The Hall–Kier alpha value is -3.29. The summed E-state index contributed by atoms with van der Waals surface area (Å²) in [5.74, 6) is 1.10. The van der Waals surface area contributed by atoms with Crippen LogP contribution in [0.25, 0.3) is 0 Å². The number of rotatable bonds is 5. The van der Waals surface area contributed by atoms with E-state index in [4.69, 9.17) is 21.1 Å². The Labute approximate surface area is 190 Å². The Bertz CT molecular complexity index is 1140. The van der Waals surface area contributed by atoms with Crippen LogP contribution in [-0.4, -0.2) is 46.8 Å². The lowest BCUT2D eigenvalue weighted by Gasteiger charge is -2.29. The number of likely N-dealkylation sites (tertiary alicyclic amines) is 1. The van der Waals surface area contributed by atoms with Gasteiger partial charge in [0, 0.05) is 43.2 Å². The number of ether oxygens (including phenoxy) is 2. The van der Waals surface area contributed by atoms with E-state index in [1.165, 1.54) is 0 Å². The fourth-order valence-electron chi connectivity index (χ4n) is 4.35. The number of benzene rings is 2. The largest absolute Gasteiger partial charge is 0.507 e. The molecule has 0 bridgehead atoms. The maximum Gasteiger partial charge on any atom is 0.253 e. The molecule has 3 aromatic rings. The van der Waals surface area contributed by atoms with E-state index in [9.17, 15) is 9.90 Å². The molecule has 7 nitrogen and oxygen atoms in total. The molecular weight excluding hydrogens is 430 g/mol. The lowest BCUT2D eigenvalue weighted by Crippen LogP contribution is -2.38. The predicted molar refractivity (Wildman–Crippen MR) is 119 cm³/mol. The molecule has 1 aromatic heterocycles. The molecule has 32 heavy (non-hydrogen) atoms. The molecule has 3 heterocycles. The first-order valence-corrected chi connectivity index (χ1v) is 10.8. The van der Waals surface area contributed by atoms with Crippen LogP contribution in [0.4, 0.5) is 0 Å². The molecule has 5 rings (SSSR count). The number of carbonyl (C=O) groups excluding carboxylic acids is 1. The van der Waals surface area contributed by atoms with Gasteiger partial charge in [-0.05, 0) is 42.3 Å². The quantitative estimate of drug-likeness (QED) is 0.614. The van der Waals surface area contributed by atoms with E-state index in [0.29, 0.717) is 28.6 Å². The van der Waals surface area contributed by atoms with Gasteiger partial charge in [0.15, 0.2) is 11.5 Å². The topological polar surface area (TPSA) is 83.9 Å². The number of halogens is 1. The molecule has 2 atom stereocenters. The zero-order valence-corrected chi connectivity index (χ0v) is 18.0. The number of phenols is 1. The Morgan fingerprint density at radius 2 is 1.91 bits per heavy atom. The van der Waals surface area contributed by atoms with Crippen LogP contribution < -0.4 is 14.8 Å². The third-order valence-corrected chi connectivity index (χ3v) is 6.21.